The van der Waals surface area contributed by atoms with Crippen molar-refractivity contribution in [3.05, 3.63) is 29.8 Å². The molecule has 0 atom stereocenters. The number of aryl methyl sites for hydroxylation is 1. The van der Waals surface area contributed by atoms with Crippen molar-refractivity contribution in [2.75, 3.05) is 17.3 Å². The van der Waals surface area contributed by atoms with E-state index in [0.29, 0.717) is 0 Å². The van der Waals surface area contributed by atoms with Crippen LogP contribution in [-0.2, 0) is 4.79 Å². The van der Waals surface area contributed by atoms with E-state index >= 15 is 0 Å². The third kappa shape index (κ3) is 4.69. The normalized spacial score (nSPS) is 10.4. The largest absolute Gasteiger partial charge is 0.311 e. The Hall–Kier alpha value is -1.02. The second-order valence-corrected chi connectivity index (χ2v) is 4.84. The van der Waals surface area contributed by atoms with E-state index in [1.807, 2.05) is 31.2 Å². The molecular weight excluding hydrogens is 246 g/mol. The van der Waals surface area contributed by atoms with Gasteiger partial charge in [0.25, 0.3) is 0 Å². The number of carbonyl (C=O) groups excluding carboxylic acids is 1. The summed E-state index contributed by atoms with van der Waals surface area (Å²) in [4.78, 5) is 13.6. The molecule has 0 saturated carbocycles. The SMILES string of the molecule is CCCCCCN(C(=O)CCl)c1ccc(C)cc1. The third-order valence-electron chi connectivity index (χ3n) is 3.00. The van der Waals surface area contributed by atoms with Crippen LogP contribution in [-0.4, -0.2) is 18.3 Å². The van der Waals surface area contributed by atoms with Crippen LogP contribution in [0.2, 0.25) is 0 Å². The van der Waals surface area contributed by atoms with Gasteiger partial charge in [-0.1, -0.05) is 43.9 Å². The van der Waals surface area contributed by atoms with Gasteiger partial charge < -0.3 is 4.90 Å². The molecule has 1 rings (SSSR count). The highest BCUT2D eigenvalue weighted by atomic mass is 35.5. The maximum Gasteiger partial charge on any atom is 0.241 e. The molecule has 0 fully saturated rings. The number of halogens is 1. The fraction of sp³-hybridized carbons (Fsp3) is 0.533. The van der Waals surface area contributed by atoms with Crippen molar-refractivity contribution >= 4 is 23.2 Å². The summed E-state index contributed by atoms with van der Waals surface area (Å²) >= 11 is 5.68. The number of amides is 1. The maximum absolute atomic E-state index is 11.9. The van der Waals surface area contributed by atoms with E-state index in [-0.39, 0.29) is 11.8 Å². The molecule has 3 heteroatoms. The van der Waals surface area contributed by atoms with Crippen molar-refractivity contribution in [3.63, 3.8) is 0 Å². The standard InChI is InChI=1S/C15H22ClNO/c1-3-4-5-6-11-17(15(18)12-16)14-9-7-13(2)8-10-14/h7-10H,3-6,11-12H2,1-2H3. The number of hydrogen-bond acceptors (Lipinski definition) is 1. The summed E-state index contributed by atoms with van der Waals surface area (Å²) in [6.07, 6.45) is 4.61. The second kappa shape index (κ2) is 8.15. The first-order chi connectivity index (χ1) is 8.69. The summed E-state index contributed by atoms with van der Waals surface area (Å²) in [5.74, 6) is 0.0267. The number of unbranched alkanes of at least 4 members (excludes halogenated alkanes) is 3. The van der Waals surface area contributed by atoms with Gasteiger partial charge in [-0.15, -0.1) is 11.6 Å². The summed E-state index contributed by atoms with van der Waals surface area (Å²) in [7, 11) is 0. The van der Waals surface area contributed by atoms with E-state index in [4.69, 9.17) is 11.6 Å². The fourth-order valence-electron chi connectivity index (χ4n) is 1.89. The zero-order valence-corrected chi connectivity index (χ0v) is 12.0. The van der Waals surface area contributed by atoms with Gasteiger partial charge in [0, 0.05) is 12.2 Å². The van der Waals surface area contributed by atoms with Crippen LogP contribution in [0.3, 0.4) is 0 Å². The van der Waals surface area contributed by atoms with Gasteiger partial charge >= 0.3 is 0 Å². The topological polar surface area (TPSA) is 20.3 Å². The fourth-order valence-corrected chi connectivity index (χ4v) is 2.04. The lowest BCUT2D eigenvalue weighted by Gasteiger charge is -2.22. The minimum atomic E-state index is -0.0166. The molecule has 0 heterocycles. The molecule has 1 amide bonds. The van der Waals surface area contributed by atoms with Crippen LogP contribution in [0.1, 0.15) is 38.2 Å². The quantitative estimate of drug-likeness (QED) is 0.537. The molecule has 100 valence electrons. The van der Waals surface area contributed by atoms with Crippen LogP contribution in [0.5, 0.6) is 0 Å². The first-order valence-corrected chi connectivity index (χ1v) is 7.15. The minimum absolute atomic E-state index is 0.0166. The minimum Gasteiger partial charge on any atom is -0.311 e. The summed E-state index contributed by atoms with van der Waals surface area (Å²) in [5, 5.41) is 0. The molecule has 0 aliphatic carbocycles. The highest BCUT2D eigenvalue weighted by Gasteiger charge is 2.13. The lowest BCUT2D eigenvalue weighted by atomic mass is 10.1. The lowest BCUT2D eigenvalue weighted by Crippen LogP contribution is -2.32. The van der Waals surface area contributed by atoms with Crippen molar-refractivity contribution in [1.29, 1.82) is 0 Å². The van der Waals surface area contributed by atoms with Crippen molar-refractivity contribution < 1.29 is 4.79 Å². The Morgan fingerprint density at radius 3 is 2.39 bits per heavy atom. The molecule has 0 saturated heterocycles. The smallest absolute Gasteiger partial charge is 0.241 e. The van der Waals surface area contributed by atoms with Gasteiger partial charge in [0.15, 0.2) is 0 Å². The molecule has 0 aromatic heterocycles. The molecule has 2 nitrogen and oxygen atoms in total. The van der Waals surface area contributed by atoms with Gasteiger partial charge in [-0.2, -0.15) is 0 Å². The van der Waals surface area contributed by atoms with Crippen molar-refractivity contribution in [2.45, 2.75) is 39.5 Å². The predicted molar refractivity (Wildman–Crippen MR) is 78.4 cm³/mol. The van der Waals surface area contributed by atoms with Gasteiger partial charge in [-0.25, -0.2) is 0 Å². The Bertz CT molecular complexity index is 361. The van der Waals surface area contributed by atoms with Gasteiger partial charge in [-0.05, 0) is 25.5 Å². The van der Waals surface area contributed by atoms with Crippen LogP contribution in [0, 0.1) is 6.92 Å². The molecule has 18 heavy (non-hydrogen) atoms. The maximum atomic E-state index is 11.9. The summed E-state index contributed by atoms with van der Waals surface area (Å²) < 4.78 is 0. The van der Waals surface area contributed by atoms with Gasteiger partial charge in [0.05, 0.1) is 0 Å². The van der Waals surface area contributed by atoms with E-state index < -0.39 is 0 Å². The number of rotatable bonds is 7. The monoisotopic (exact) mass is 267 g/mol. The van der Waals surface area contributed by atoms with Crippen LogP contribution >= 0.6 is 11.6 Å². The zero-order chi connectivity index (χ0) is 13.4. The van der Waals surface area contributed by atoms with E-state index in [2.05, 4.69) is 6.92 Å². The number of nitrogens with zero attached hydrogens (tertiary/aromatic N) is 1. The van der Waals surface area contributed by atoms with Crippen LogP contribution in [0.15, 0.2) is 24.3 Å². The highest BCUT2D eigenvalue weighted by Crippen LogP contribution is 2.17. The number of alkyl halides is 1. The molecular formula is C15H22ClNO. The van der Waals surface area contributed by atoms with Gasteiger partial charge in [0.1, 0.15) is 5.88 Å². The van der Waals surface area contributed by atoms with Crippen LogP contribution in [0.4, 0.5) is 5.69 Å². The third-order valence-corrected chi connectivity index (χ3v) is 3.22. The molecule has 0 spiro atoms. The molecule has 0 aliphatic rings. The summed E-state index contributed by atoms with van der Waals surface area (Å²) in [5.41, 5.74) is 2.14. The Balaban J connectivity index is 2.66. The molecule has 0 bridgehead atoms. The number of carbonyl (C=O) groups is 1. The van der Waals surface area contributed by atoms with Crippen LogP contribution < -0.4 is 4.90 Å². The Morgan fingerprint density at radius 2 is 1.83 bits per heavy atom. The van der Waals surface area contributed by atoms with Crippen molar-refractivity contribution in [2.24, 2.45) is 0 Å². The number of benzene rings is 1. The molecule has 1 aromatic carbocycles. The summed E-state index contributed by atoms with van der Waals surface area (Å²) in [6, 6.07) is 8.02. The molecule has 0 radical (unpaired) electrons. The Labute approximate surface area is 115 Å². The van der Waals surface area contributed by atoms with E-state index in [1.54, 1.807) is 4.90 Å². The average Bonchev–Trinajstić information content (AvgIpc) is 2.39. The molecule has 1 aromatic rings. The predicted octanol–water partition coefficient (Wildman–Crippen LogP) is 4.15. The summed E-state index contributed by atoms with van der Waals surface area (Å²) in [6.45, 7) is 4.98. The molecule has 0 unspecified atom stereocenters. The lowest BCUT2D eigenvalue weighted by molar-refractivity contribution is -0.116. The van der Waals surface area contributed by atoms with Crippen LogP contribution in [0.25, 0.3) is 0 Å². The Kier molecular flexibility index (Phi) is 6.81. The number of anilines is 1. The van der Waals surface area contributed by atoms with E-state index in [1.165, 1.54) is 18.4 Å². The van der Waals surface area contributed by atoms with Crippen molar-refractivity contribution in [1.82, 2.24) is 0 Å². The average molecular weight is 268 g/mol. The number of hydrogen-bond donors (Lipinski definition) is 0. The zero-order valence-electron chi connectivity index (χ0n) is 11.3. The molecule has 0 N–H and O–H groups in total. The van der Waals surface area contributed by atoms with E-state index in [0.717, 1.165) is 25.1 Å². The first kappa shape index (κ1) is 15.0. The first-order valence-electron chi connectivity index (χ1n) is 6.62. The second-order valence-electron chi connectivity index (χ2n) is 4.58. The van der Waals surface area contributed by atoms with E-state index in [9.17, 15) is 4.79 Å². The Morgan fingerprint density at radius 1 is 1.17 bits per heavy atom. The van der Waals surface area contributed by atoms with Crippen molar-refractivity contribution in [3.8, 4) is 0 Å². The highest BCUT2D eigenvalue weighted by molar-refractivity contribution is 6.29. The van der Waals surface area contributed by atoms with Gasteiger partial charge in [0.2, 0.25) is 5.91 Å². The molecule has 0 aliphatic heterocycles. The van der Waals surface area contributed by atoms with Gasteiger partial charge in [-0.3, -0.25) is 4.79 Å².